The van der Waals surface area contributed by atoms with Crippen molar-refractivity contribution in [2.75, 3.05) is 18.0 Å². The molecule has 2 aromatic rings. The summed E-state index contributed by atoms with van der Waals surface area (Å²) in [4.78, 5) is 28.1. The Labute approximate surface area is 144 Å². The van der Waals surface area contributed by atoms with Crippen molar-refractivity contribution in [1.29, 1.82) is 0 Å². The number of hydrogen-bond acceptors (Lipinski definition) is 2. The van der Waals surface area contributed by atoms with Gasteiger partial charge in [0, 0.05) is 18.7 Å². The van der Waals surface area contributed by atoms with Crippen LogP contribution in [-0.4, -0.2) is 35.8 Å². The van der Waals surface area contributed by atoms with Gasteiger partial charge in [-0.15, -0.1) is 0 Å². The van der Waals surface area contributed by atoms with E-state index in [4.69, 9.17) is 0 Å². The van der Waals surface area contributed by atoms with Crippen molar-refractivity contribution < 1.29 is 18.4 Å². The maximum absolute atomic E-state index is 14.1. The van der Waals surface area contributed by atoms with Crippen molar-refractivity contribution >= 4 is 17.5 Å². The highest BCUT2D eigenvalue weighted by atomic mass is 19.1. The maximum Gasteiger partial charge on any atom is 0.254 e. The molecule has 0 saturated carbocycles. The fraction of sp³-hybridized carbons (Fsp3) is 0.263. The van der Waals surface area contributed by atoms with Gasteiger partial charge in [-0.2, -0.15) is 0 Å². The molecule has 0 bridgehead atoms. The molecule has 1 fully saturated rings. The third-order valence-corrected chi connectivity index (χ3v) is 4.40. The van der Waals surface area contributed by atoms with Crippen LogP contribution >= 0.6 is 0 Å². The third-order valence-electron chi connectivity index (χ3n) is 4.40. The van der Waals surface area contributed by atoms with Gasteiger partial charge in [0.05, 0.1) is 5.69 Å². The van der Waals surface area contributed by atoms with Gasteiger partial charge in [0.15, 0.2) is 0 Å². The van der Waals surface area contributed by atoms with Crippen LogP contribution in [0.15, 0.2) is 42.5 Å². The van der Waals surface area contributed by atoms with E-state index in [0.29, 0.717) is 5.56 Å². The molecule has 2 aromatic carbocycles. The van der Waals surface area contributed by atoms with Crippen molar-refractivity contribution in [1.82, 2.24) is 4.90 Å². The number of carbonyl (C=O) groups is 2. The zero-order chi connectivity index (χ0) is 18.1. The number of amides is 2. The molecule has 3 rings (SSSR count). The minimum atomic E-state index is -0.730. The van der Waals surface area contributed by atoms with Crippen LogP contribution in [0.4, 0.5) is 14.5 Å². The van der Waals surface area contributed by atoms with Crippen molar-refractivity contribution in [2.45, 2.75) is 19.9 Å². The first kappa shape index (κ1) is 17.1. The van der Waals surface area contributed by atoms with Crippen LogP contribution < -0.4 is 4.90 Å². The summed E-state index contributed by atoms with van der Waals surface area (Å²) >= 11 is 0. The van der Waals surface area contributed by atoms with E-state index in [1.807, 2.05) is 6.92 Å². The first-order valence-corrected chi connectivity index (χ1v) is 8.02. The van der Waals surface area contributed by atoms with Crippen molar-refractivity contribution in [3.8, 4) is 0 Å². The van der Waals surface area contributed by atoms with Crippen LogP contribution in [-0.2, 0) is 4.79 Å². The second-order valence-electron chi connectivity index (χ2n) is 6.13. The second-order valence-corrected chi connectivity index (χ2v) is 6.13. The lowest BCUT2D eigenvalue weighted by atomic mass is 10.1. The lowest BCUT2D eigenvalue weighted by Gasteiger charge is -2.39. The first-order chi connectivity index (χ1) is 11.9. The quantitative estimate of drug-likeness (QED) is 0.840. The topological polar surface area (TPSA) is 40.6 Å². The number of benzene rings is 2. The van der Waals surface area contributed by atoms with Crippen LogP contribution in [0.25, 0.3) is 0 Å². The van der Waals surface area contributed by atoms with E-state index in [9.17, 15) is 18.4 Å². The minimum Gasteiger partial charge on any atom is -0.325 e. The number of piperazine rings is 1. The van der Waals surface area contributed by atoms with Crippen LogP contribution in [0.5, 0.6) is 0 Å². The van der Waals surface area contributed by atoms with Crippen LogP contribution in [0, 0.1) is 18.6 Å². The van der Waals surface area contributed by atoms with Gasteiger partial charge in [0.25, 0.3) is 5.91 Å². The van der Waals surface area contributed by atoms with Gasteiger partial charge in [-0.1, -0.05) is 6.07 Å². The van der Waals surface area contributed by atoms with Gasteiger partial charge in [0.1, 0.15) is 17.7 Å². The number of hydrogen-bond donors (Lipinski definition) is 0. The Morgan fingerprint density at radius 1 is 1.08 bits per heavy atom. The highest BCUT2D eigenvalue weighted by Gasteiger charge is 2.36. The van der Waals surface area contributed by atoms with Crippen molar-refractivity contribution in [3.05, 3.63) is 65.2 Å². The van der Waals surface area contributed by atoms with Gasteiger partial charge < -0.3 is 9.80 Å². The Morgan fingerprint density at radius 3 is 2.44 bits per heavy atom. The highest BCUT2D eigenvalue weighted by molar-refractivity contribution is 6.03. The molecule has 2 amide bonds. The first-order valence-electron chi connectivity index (χ1n) is 8.02. The molecular weight excluding hydrogens is 326 g/mol. The summed E-state index contributed by atoms with van der Waals surface area (Å²) in [5.74, 6) is -1.58. The van der Waals surface area contributed by atoms with Gasteiger partial charge in [-0.3, -0.25) is 9.59 Å². The van der Waals surface area contributed by atoms with Crippen LogP contribution in [0.1, 0.15) is 22.8 Å². The number of aryl methyl sites for hydroxylation is 1. The van der Waals surface area contributed by atoms with Gasteiger partial charge in [-0.25, -0.2) is 8.78 Å². The molecule has 1 heterocycles. The van der Waals surface area contributed by atoms with Crippen LogP contribution in [0.3, 0.4) is 0 Å². The Hall–Kier alpha value is -2.76. The summed E-state index contributed by atoms with van der Waals surface area (Å²) in [5, 5.41) is 0. The number of nitrogens with zero attached hydrogens (tertiary/aromatic N) is 2. The normalized spacial score (nSPS) is 17.8. The standard InChI is InChI=1S/C19H18F2N2O2/c1-12-3-8-16(21)17(11-12)23-10-9-22(13(2)18(23)24)19(25)14-4-6-15(20)7-5-14/h3-8,11,13H,9-10H2,1-2H3/t13-/m1/s1. The molecule has 0 radical (unpaired) electrons. The lowest BCUT2D eigenvalue weighted by Crippen LogP contribution is -2.58. The molecule has 130 valence electrons. The largest absolute Gasteiger partial charge is 0.325 e. The number of anilines is 1. The summed E-state index contributed by atoms with van der Waals surface area (Å²) in [6.45, 7) is 3.92. The van der Waals surface area contributed by atoms with E-state index in [-0.39, 0.29) is 30.6 Å². The predicted octanol–water partition coefficient (Wildman–Crippen LogP) is 3.15. The highest BCUT2D eigenvalue weighted by Crippen LogP contribution is 2.25. The molecule has 25 heavy (non-hydrogen) atoms. The average molecular weight is 344 g/mol. The zero-order valence-corrected chi connectivity index (χ0v) is 14.0. The van der Waals surface area contributed by atoms with E-state index < -0.39 is 17.7 Å². The molecule has 1 atom stereocenters. The van der Waals surface area contributed by atoms with Crippen LogP contribution in [0.2, 0.25) is 0 Å². The minimum absolute atomic E-state index is 0.205. The maximum atomic E-state index is 14.1. The predicted molar refractivity (Wildman–Crippen MR) is 90.4 cm³/mol. The second kappa shape index (κ2) is 6.63. The number of carbonyl (C=O) groups excluding carboxylic acids is 2. The smallest absolute Gasteiger partial charge is 0.254 e. The summed E-state index contributed by atoms with van der Waals surface area (Å²) < 4.78 is 27.1. The average Bonchev–Trinajstić information content (AvgIpc) is 2.60. The molecular formula is C19H18F2N2O2. The number of halogens is 2. The van der Waals surface area contributed by atoms with Gasteiger partial charge in [0.2, 0.25) is 5.91 Å². The third kappa shape index (κ3) is 3.24. The summed E-state index contributed by atoms with van der Waals surface area (Å²) in [5.41, 5.74) is 1.39. The monoisotopic (exact) mass is 344 g/mol. The Kier molecular flexibility index (Phi) is 4.53. The Bertz CT molecular complexity index is 821. The molecule has 1 aliphatic rings. The molecule has 4 nitrogen and oxygen atoms in total. The van der Waals surface area contributed by atoms with Gasteiger partial charge in [-0.05, 0) is 55.8 Å². The molecule has 0 spiro atoms. The summed E-state index contributed by atoms with van der Waals surface area (Å²) in [7, 11) is 0. The van der Waals surface area contributed by atoms with E-state index in [1.165, 1.54) is 40.1 Å². The molecule has 0 aliphatic carbocycles. The molecule has 1 aliphatic heterocycles. The SMILES string of the molecule is Cc1ccc(F)c(N2CCN(C(=O)c3ccc(F)cc3)[C@H](C)C2=O)c1. The number of rotatable bonds is 2. The lowest BCUT2D eigenvalue weighted by molar-refractivity contribution is -0.124. The van der Waals surface area contributed by atoms with E-state index in [2.05, 4.69) is 0 Å². The van der Waals surface area contributed by atoms with E-state index in [1.54, 1.807) is 19.1 Å². The molecule has 1 saturated heterocycles. The zero-order valence-electron chi connectivity index (χ0n) is 14.0. The summed E-state index contributed by atoms with van der Waals surface area (Å²) in [6, 6.07) is 9.06. The molecule has 0 unspecified atom stereocenters. The van der Waals surface area contributed by atoms with Crippen molar-refractivity contribution in [2.24, 2.45) is 0 Å². The van der Waals surface area contributed by atoms with E-state index >= 15 is 0 Å². The van der Waals surface area contributed by atoms with Gasteiger partial charge >= 0.3 is 0 Å². The molecule has 6 heteroatoms. The molecule has 0 N–H and O–H groups in total. The van der Waals surface area contributed by atoms with E-state index in [0.717, 1.165) is 5.56 Å². The Morgan fingerprint density at radius 2 is 1.76 bits per heavy atom. The molecule has 0 aromatic heterocycles. The van der Waals surface area contributed by atoms with Crippen molar-refractivity contribution in [3.63, 3.8) is 0 Å². The fourth-order valence-corrected chi connectivity index (χ4v) is 2.97. The fourth-order valence-electron chi connectivity index (χ4n) is 2.97. The summed E-state index contributed by atoms with van der Waals surface area (Å²) in [6.07, 6.45) is 0. The Balaban J connectivity index is 1.83.